The van der Waals surface area contributed by atoms with Gasteiger partial charge in [0, 0.05) is 24.3 Å². The Morgan fingerprint density at radius 3 is 2.80 bits per heavy atom. The van der Waals surface area contributed by atoms with Crippen LogP contribution in [0, 0.1) is 0 Å². The van der Waals surface area contributed by atoms with Crippen molar-refractivity contribution in [1.29, 1.82) is 0 Å². The number of aromatic nitrogens is 1. The number of carbonyl (C=O) groups is 1. The average Bonchev–Trinajstić information content (AvgIpc) is 2.04. The van der Waals surface area contributed by atoms with Gasteiger partial charge in [0.2, 0.25) is 0 Å². The largest absolute Gasteiger partial charge is 1.00 e. The van der Waals surface area contributed by atoms with Crippen molar-refractivity contribution in [3.63, 3.8) is 0 Å². The van der Waals surface area contributed by atoms with E-state index in [4.69, 9.17) is 0 Å². The van der Waals surface area contributed by atoms with Gasteiger partial charge in [-0.05, 0) is 30.4 Å². The molecule has 15 heavy (non-hydrogen) atoms. The van der Waals surface area contributed by atoms with Crippen LogP contribution in [0.25, 0.3) is 0 Å². The predicted octanol–water partition coefficient (Wildman–Crippen LogP) is -2.35. The molecule has 0 aliphatic heterocycles. The smallest absolute Gasteiger partial charge is 0.550 e. The standard InChI is InChI=1S/C11H13NO2.Na/c13-11(14)7-10-9(5-2-6-12-10)8-3-1-4-8;/h2,5-6,8H,1,3-4,7H2,(H,13,14);/q;+1/p-1. The fourth-order valence-corrected chi connectivity index (χ4v) is 1.83. The summed E-state index contributed by atoms with van der Waals surface area (Å²) >= 11 is 0. The van der Waals surface area contributed by atoms with E-state index in [1.54, 1.807) is 6.20 Å². The first-order valence-electron chi connectivity index (χ1n) is 4.91. The van der Waals surface area contributed by atoms with Gasteiger partial charge in [0.1, 0.15) is 0 Å². The van der Waals surface area contributed by atoms with Crippen LogP contribution < -0.4 is 34.7 Å². The van der Waals surface area contributed by atoms with E-state index in [9.17, 15) is 9.90 Å². The second-order valence-corrected chi connectivity index (χ2v) is 3.72. The van der Waals surface area contributed by atoms with Gasteiger partial charge in [-0.3, -0.25) is 4.98 Å². The molecule has 4 heteroatoms. The van der Waals surface area contributed by atoms with Crippen LogP contribution in [-0.2, 0) is 11.2 Å². The van der Waals surface area contributed by atoms with Crippen molar-refractivity contribution in [2.45, 2.75) is 31.6 Å². The number of nitrogens with zero attached hydrogens (tertiary/aromatic N) is 1. The van der Waals surface area contributed by atoms with Crippen LogP contribution in [0.15, 0.2) is 18.3 Å². The molecule has 0 N–H and O–H groups in total. The molecule has 1 aromatic rings. The van der Waals surface area contributed by atoms with E-state index in [-0.39, 0.29) is 36.0 Å². The molecule has 1 aromatic heterocycles. The Morgan fingerprint density at radius 1 is 1.53 bits per heavy atom. The second-order valence-electron chi connectivity index (χ2n) is 3.72. The van der Waals surface area contributed by atoms with Crippen molar-refractivity contribution in [2.24, 2.45) is 0 Å². The maximum atomic E-state index is 10.5. The van der Waals surface area contributed by atoms with Crippen LogP contribution >= 0.6 is 0 Å². The number of rotatable bonds is 3. The van der Waals surface area contributed by atoms with E-state index in [0.29, 0.717) is 11.6 Å². The summed E-state index contributed by atoms with van der Waals surface area (Å²) in [6.45, 7) is 0. The fourth-order valence-electron chi connectivity index (χ4n) is 1.83. The Labute approximate surface area is 111 Å². The van der Waals surface area contributed by atoms with E-state index < -0.39 is 5.97 Å². The van der Waals surface area contributed by atoms with Crippen LogP contribution in [0.5, 0.6) is 0 Å². The average molecular weight is 213 g/mol. The number of hydrogen-bond donors (Lipinski definition) is 0. The van der Waals surface area contributed by atoms with Crippen molar-refractivity contribution >= 4 is 5.97 Å². The van der Waals surface area contributed by atoms with E-state index in [1.807, 2.05) is 12.1 Å². The second kappa shape index (κ2) is 5.64. The first-order chi connectivity index (χ1) is 6.77. The van der Waals surface area contributed by atoms with Crippen LogP contribution in [0.1, 0.15) is 36.4 Å². The Bertz CT molecular complexity index is 350. The molecule has 1 heterocycles. The number of hydrogen-bond acceptors (Lipinski definition) is 3. The molecule has 0 amide bonds. The van der Waals surface area contributed by atoms with Crippen molar-refractivity contribution < 1.29 is 39.5 Å². The molecule has 0 radical (unpaired) electrons. The Balaban J connectivity index is 0.00000112. The monoisotopic (exact) mass is 213 g/mol. The van der Waals surface area contributed by atoms with Crippen LogP contribution in [0.4, 0.5) is 0 Å². The molecule has 74 valence electrons. The molecule has 1 aliphatic carbocycles. The summed E-state index contributed by atoms with van der Waals surface area (Å²) < 4.78 is 0. The molecule has 1 fully saturated rings. The molecule has 0 bridgehead atoms. The van der Waals surface area contributed by atoms with Gasteiger partial charge in [0.25, 0.3) is 0 Å². The third-order valence-electron chi connectivity index (χ3n) is 2.78. The van der Waals surface area contributed by atoms with E-state index in [1.165, 1.54) is 6.42 Å². The molecular weight excluding hydrogens is 201 g/mol. The van der Waals surface area contributed by atoms with Crippen molar-refractivity contribution in [2.75, 3.05) is 0 Å². The molecule has 1 saturated carbocycles. The molecule has 2 rings (SSSR count). The first kappa shape index (κ1) is 12.7. The summed E-state index contributed by atoms with van der Waals surface area (Å²) in [5.41, 5.74) is 1.78. The Kier molecular flexibility index (Phi) is 4.77. The molecule has 0 atom stereocenters. The molecule has 3 nitrogen and oxygen atoms in total. The molecular formula is C11H12NNaO2. The van der Waals surface area contributed by atoms with Gasteiger partial charge in [-0.1, -0.05) is 12.5 Å². The number of aliphatic carboxylic acids is 1. The zero-order valence-electron chi connectivity index (χ0n) is 8.90. The van der Waals surface area contributed by atoms with Gasteiger partial charge in [-0.2, -0.15) is 0 Å². The quantitative estimate of drug-likeness (QED) is 0.528. The third-order valence-corrected chi connectivity index (χ3v) is 2.78. The maximum absolute atomic E-state index is 10.5. The summed E-state index contributed by atoms with van der Waals surface area (Å²) in [6, 6.07) is 3.85. The SMILES string of the molecule is O=C([O-])Cc1ncccc1C1CCC1.[Na+]. The van der Waals surface area contributed by atoms with Crippen molar-refractivity contribution in [1.82, 2.24) is 4.98 Å². The molecule has 0 unspecified atom stereocenters. The summed E-state index contributed by atoms with van der Waals surface area (Å²) in [7, 11) is 0. The van der Waals surface area contributed by atoms with Crippen molar-refractivity contribution in [3.8, 4) is 0 Å². The normalized spacial score (nSPS) is 15.2. The van der Waals surface area contributed by atoms with Gasteiger partial charge in [-0.25, -0.2) is 0 Å². The first-order valence-corrected chi connectivity index (χ1v) is 4.91. The molecule has 0 saturated heterocycles. The summed E-state index contributed by atoms with van der Waals surface area (Å²) in [4.78, 5) is 14.6. The van der Waals surface area contributed by atoms with E-state index >= 15 is 0 Å². The zero-order chi connectivity index (χ0) is 9.97. The van der Waals surface area contributed by atoms with Crippen LogP contribution in [0.3, 0.4) is 0 Å². The van der Waals surface area contributed by atoms with Gasteiger partial charge < -0.3 is 9.90 Å². The number of carboxylic acids is 1. The maximum Gasteiger partial charge on any atom is 1.00 e. The number of pyridine rings is 1. The molecule has 0 spiro atoms. The fraction of sp³-hybridized carbons (Fsp3) is 0.455. The minimum atomic E-state index is -1.05. The topological polar surface area (TPSA) is 53.0 Å². The van der Waals surface area contributed by atoms with Gasteiger partial charge in [0.15, 0.2) is 0 Å². The van der Waals surface area contributed by atoms with E-state index in [0.717, 1.165) is 18.4 Å². The zero-order valence-corrected chi connectivity index (χ0v) is 10.9. The Morgan fingerprint density at radius 2 is 2.27 bits per heavy atom. The van der Waals surface area contributed by atoms with Crippen LogP contribution in [0.2, 0.25) is 0 Å². The minimum absolute atomic E-state index is 0. The predicted molar refractivity (Wildman–Crippen MR) is 49.5 cm³/mol. The van der Waals surface area contributed by atoms with Gasteiger partial charge in [0.05, 0.1) is 0 Å². The number of carbonyl (C=O) groups excluding carboxylic acids is 1. The van der Waals surface area contributed by atoms with E-state index in [2.05, 4.69) is 4.98 Å². The molecule has 0 aromatic carbocycles. The summed E-state index contributed by atoms with van der Waals surface area (Å²) in [5, 5.41) is 10.5. The number of carboxylic acid groups (broad SMARTS) is 1. The van der Waals surface area contributed by atoms with Crippen LogP contribution in [-0.4, -0.2) is 11.0 Å². The third kappa shape index (κ3) is 3.03. The summed E-state index contributed by atoms with van der Waals surface area (Å²) in [5.74, 6) is -0.526. The Hall–Kier alpha value is -0.380. The van der Waals surface area contributed by atoms with Gasteiger partial charge in [-0.15, -0.1) is 0 Å². The minimum Gasteiger partial charge on any atom is -0.550 e. The van der Waals surface area contributed by atoms with Crippen molar-refractivity contribution in [3.05, 3.63) is 29.6 Å². The van der Waals surface area contributed by atoms with Gasteiger partial charge >= 0.3 is 29.6 Å². The summed E-state index contributed by atoms with van der Waals surface area (Å²) in [6.07, 6.45) is 5.13. The molecule has 1 aliphatic rings.